The lowest BCUT2D eigenvalue weighted by atomic mass is 10.0. The Balaban J connectivity index is 1.80. The highest BCUT2D eigenvalue weighted by molar-refractivity contribution is 7.21. The number of fused-ring (bicyclic) bond motifs is 1. The second kappa shape index (κ2) is 7.27. The van der Waals surface area contributed by atoms with Crippen molar-refractivity contribution in [3.05, 3.63) is 23.2 Å². The number of hydrogen-bond acceptors (Lipinski definition) is 6. The van der Waals surface area contributed by atoms with Gasteiger partial charge in [0.05, 0.1) is 19.3 Å². The minimum Gasteiger partial charge on any atom is -0.465 e. The average molecular weight is 347 g/mol. The molecule has 1 N–H and O–H groups in total. The Kier molecular flexibility index (Phi) is 5.11. The first-order chi connectivity index (χ1) is 11.6. The van der Waals surface area contributed by atoms with E-state index < -0.39 is 5.97 Å². The van der Waals surface area contributed by atoms with Gasteiger partial charge in [0.1, 0.15) is 9.71 Å². The monoisotopic (exact) mass is 347 g/mol. The third kappa shape index (κ3) is 3.57. The van der Waals surface area contributed by atoms with Crippen LogP contribution in [-0.2, 0) is 9.53 Å². The molecule has 0 saturated carbocycles. The van der Waals surface area contributed by atoms with Gasteiger partial charge in [-0.1, -0.05) is 6.92 Å². The van der Waals surface area contributed by atoms with Gasteiger partial charge in [0, 0.05) is 18.1 Å². The number of ether oxygens (including phenoxy) is 1. The molecule has 3 rings (SSSR count). The van der Waals surface area contributed by atoms with Crippen LogP contribution in [0.5, 0.6) is 0 Å². The number of nitrogens with one attached hydrogen (secondary N) is 1. The summed E-state index contributed by atoms with van der Waals surface area (Å²) in [6.45, 7) is 4.41. The van der Waals surface area contributed by atoms with E-state index in [0.717, 1.165) is 24.9 Å². The largest absolute Gasteiger partial charge is 0.465 e. The zero-order valence-corrected chi connectivity index (χ0v) is 14.7. The molecule has 0 aromatic carbocycles. The molecule has 3 heterocycles. The van der Waals surface area contributed by atoms with Crippen LogP contribution in [0, 0.1) is 5.92 Å². The number of aromatic nitrogens is 1. The van der Waals surface area contributed by atoms with E-state index in [9.17, 15) is 9.59 Å². The quantitative estimate of drug-likeness (QED) is 0.861. The second-order valence-corrected chi connectivity index (χ2v) is 7.18. The number of amides is 1. The maximum atomic E-state index is 12.5. The lowest BCUT2D eigenvalue weighted by molar-refractivity contribution is -0.117. The molecule has 0 aliphatic carbocycles. The normalized spacial score (nSPS) is 18.5. The van der Waals surface area contributed by atoms with Gasteiger partial charge in [-0.15, -0.1) is 11.3 Å². The molecule has 1 aliphatic rings. The van der Waals surface area contributed by atoms with Crippen molar-refractivity contribution < 1.29 is 14.3 Å². The zero-order valence-electron chi connectivity index (χ0n) is 13.9. The van der Waals surface area contributed by atoms with Crippen LogP contribution in [0.2, 0.25) is 0 Å². The molecule has 1 aliphatic heterocycles. The molecule has 1 saturated heterocycles. The number of carbonyl (C=O) groups excluding carboxylic acids is 2. The molecule has 1 atom stereocenters. The van der Waals surface area contributed by atoms with Crippen LogP contribution >= 0.6 is 11.3 Å². The van der Waals surface area contributed by atoms with Crippen LogP contribution in [0.1, 0.15) is 29.4 Å². The molecule has 0 bridgehead atoms. The minimum atomic E-state index is -0.458. The van der Waals surface area contributed by atoms with Crippen LogP contribution in [0.25, 0.3) is 10.2 Å². The number of pyridine rings is 1. The summed E-state index contributed by atoms with van der Waals surface area (Å²) >= 11 is 1.23. The predicted molar refractivity (Wildman–Crippen MR) is 94.4 cm³/mol. The maximum absolute atomic E-state index is 12.5. The molecule has 1 unspecified atom stereocenters. The number of likely N-dealkylation sites (tertiary alicyclic amines) is 1. The van der Waals surface area contributed by atoms with Gasteiger partial charge < -0.3 is 10.1 Å². The van der Waals surface area contributed by atoms with E-state index in [0.29, 0.717) is 27.9 Å². The predicted octanol–water partition coefficient (Wildman–Crippen LogP) is 2.75. The number of methoxy groups -OCH3 is 1. The Hall–Kier alpha value is -1.99. The maximum Gasteiger partial charge on any atom is 0.350 e. The van der Waals surface area contributed by atoms with Gasteiger partial charge in [-0.05, 0) is 37.4 Å². The smallest absolute Gasteiger partial charge is 0.350 e. The lowest BCUT2D eigenvalue weighted by Gasteiger charge is -2.30. The van der Waals surface area contributed by atoms with Crippen LogP contribution in [0.15, 0.2) is 18.3 Å². The molecule has 2 aromatic heterocycles. The number of nitrogens with zero attached hydrogens (tertiary/aromatic N) is 2. The summed E-state index contributed by atoms with van der Waals surface area (Å²) in [6, 6.07) is 3.64. The van der Waals surface area contributed by atoms with Crippen LogP contribution in [-0.4, -0.2) is 48.5 Å². The summed E-state index contributed by atoms with van der Waals surface area (Å²) in [5, 5.41) is 3.67. The molecular formula is C17H21N3O3S. The number of rotatable bonds is 4. The van der Waals surface area contributed by atoms with Crippen molar-refractivity contribution >= 4 is 39.1 Å². The first-order valence-electron chi connectivity index (χ1n) is 8.06. The van der Waals surface area contributed by atoms with Crippen LogP contribution < -0.4 is 5.32 Å². The van der Waals surface area contributed by atoms with E-state index in [1.165, 1.54) is 24.9 Å². The van der Waals surface area contributed by atoms with Crippen LogP contribution in [0.3, 0.4) is 0 Å². The summed E-state index contributed by atoms with van der Waals surface area (Å²) in [7, 11) is 1.33. The van der Waals surface area contributed by atoms with Gasteiger partial charge in [0.15, 0.2) is 0 Å². The number of anilines is 1. The fraction of sp³-hybridized carbons (Fsp3) is 0.471. The fourth-order valence-corrected chi connectivity index (χ4v) is 4.12. The highest BCUT2D eigenvalue weighted by Crippen LogP contribution is 2.35. The van der Waals surface area contributed by atoms with E-state index in [1.54, 1.807) is 12.3 Å². The van der Waals surface area contributed by atoms with E-state index >= 15 is 0 Å². The molecule has 24 heavy (non-hydrogen) atoms. The average Bonchev–Trinajstić information content (AvgIpc) is 2.93. The van der Waals surface area contributed by atoms with Crippen LogP contribution in [0.4, 0.5) is 5.69 Å². The third-order valence-corrected chi connectivity index (χ3v) is 5.30. The number of piperidine rings is 1. The van der Waals surface area contributed by atoms with Crippen molar-refractivity contribution in [1.82, 2.24) is 9.88 Å². The SMILES string of the molecule is COC(=O)c1sc2ncccc2c1NC(=O)CN1CCCC(C)C1. The van der Waals surface area contributed by atoms with E-state index in [1.807, 2.05) is 6.07 Å². The Morgan fingerprint density at radius 3 is 3.08 bits per heavy atom. The van der Waals surface area contributed by atoms with Gasteiger partial charge in [-0.2, -0.15) is 0 Å². The molecule has 0 radical (unpaired) electrons. The molecule has 7 heteroatoms. The molecule has 0 spiro atoms. The van der Waals surface area contributed by atoms with Crippen molar-refractivity contribution in [3.8, 4) is 0 Å². The first kappa shape index (κ1) is 16.9. The number of esters is 1. The molecule has 128 valence electrons. The standard InChI is InChI=1S/C17H21N3O3S/c1-11-5-4-8-20(9-11)10-13(21)19-14-12-6-3-7-18-16(12)24-15(14)17(22)23-2/h3,6-7,11H,4-5,8-10H2,1-2H3,(H,19,21). The van der Waals surface area contributed by atoms with Crippen molar-refractivity contribution in [2.24, 2.45) is 5.92 Å². The van der Waals surface area contributed by atoms with E-state index in [-0.39, 0.29) is 5.91 Å². The van der Waals surface area contributed by atoms with Crippen molar-refractivity contribution in [2.45, 2.75) is 19.8 Å². The topological polar surface area (TPSA) is 71.5 Å². The minimum absolute atomic E-state index is 0.113. The highest BCUT2D eigenvalue weighted by Gasteiger charge is 2.23. The first-order valence-corrected chi connectivity index (χ1v) is 8.88. The lowest BCUT2D eigenvalue weighted by Crippen LogP contribution is -2.39. The van der Waals surface area contributed by atoms with Gasteiger partial charge in [0.25, 0.3) is 0 Å². The van der Waals surface area contributed by atoms with Crippen molar-refractivity contribution in [3.63, 3.8) is 0 Å². The van der Waals surface area contributed by atoms with E-state index in [2.05, 4.69) is 22.1 Å². The summed E-state index contributed by atoms with van der Waals surface area (Å²) in [5.74, 6) is 0.0426. The number of carbonyl (C=O) groups is 2. The molecule has 1 amide bonds. The van der Waals surface area contributed by atoms with Gasteiger partial charge in [-0.3, -0.25) is 9.69 Å². The Labute approximate surface area is 144 Å². The fourth-order valence-electron chi connectivity index (χ4n) is 3.11. The summed E-state index contributed by atoms with van der Waals surface area (Å²) in [4.78, 5) is 32.0. The highest BCUT2D eigenvalue weighted by atomic mass is 32.1. The van der Waals surface area contributed by atoms with Gasteiger partial charge >= 0.3 is 5.97 Å². The van der Waals surface area contributed by atoms with Gasteiger partial charge in [0.2, 0.25) is 5.91 Å². The van der Waals surface area contributed by atoms with Crippen molar-refractivity contribution in [2.75, 3.05) is 32.1 Å². The summed E-state index contributed by atoms with van der Waals surface area (Å²) < 4.78 is 4.83. The van der Waals surface area contributed by atoms with Gasteiger partial charge in [-0.25, -0.2) is 9.78 Å². The third-order valence-electron chi connectivity index (χ3n) is 4.21. The number of hydrogen-bond donors (Lipinski definition) is 1. The molecule has 2 aromatic rings. The van der Waals surface area contributed by atoms with Crippen molar-refractivity contribution in [1.29, 1.82) is 0 Å². The summed E-state index contributed by atoms with van der Waals surface area (Å²) in [6.07, 6.45) is 4.00. The Morgan fingerprint density at radius 1 is 1.50 bits per heavy atom. The zero-order chi connectivity index (χ0) is 17.1. The number of thiophene rings is 1. The molecular weight excluding hydrogens is 326 g/mol. The Morgan fingerprint density at radius 2 is 2.33 bits per heavy atom. The molecule has 1 fully saturated rings. The molecule has 6 nitrogen and oxygen atoms in total. The Bertz CT molecular complexity index is 759. The second-order valence-electron chi connectivity index (χ2n) is 6.18. The van der Waals surface area contributed by atoms with E-state index in [4.69, 9.17) is 4.74 Å². The summed E-state index contributed by atoms with van der Waals surface area (Å²) in [5.41, 5.74) is 0.505.